The molecule has 8 heteroatoms. The number of nitrogens with one attached hydrogen (secondary N) is 2. The molecule has 0 atom stereocenters. The topological polar surface area (TPSA) is 48.8 Å². The van der Waals surface area contributed by atoms with E-state index in [0.29, 0.717) is 10.1 Å². The Morgan fingerprint density at radius 1 is 0.846 bits per heavy atom. The molecule has 0 saturated carbocycles. The Bertz CT molecular complexity index is 453. The van der Waals surface area contributed by atoms with E-state index in [1.165, 1.54) is 0 Å². The first-order valence-corrected chi connectivity index (χ1v) is 17.9. The second-order valence-corrected chi connectivity index (χ2v) is 22.3. The molecular formula is C18H42N4S2Si2. The van der Waals surface area contributed by atoms with Gasteiger partial charge in [0, 0.05) is 18.1 Å². The molecule has 0 aromatic heterocycles. The average Bonchev–Trinajstić information content (AvgIpc) is 2.45. The maximum absolute atomic E-state index is 4.80. The molecular weight excluding hydrogens is 393 g/mol. The van der Waals surface area contributed by atoms with Crippen LogP contribution in [0.2, 0.25) is 36.3 Å². The van der Waals surface area contributed by atoms with Gasteiger partial charge in [-0.2, -0.15) is 0 Å². The molecule has 0 radical (unpaired) electrons. The van der Waals surface area contributed by atoms with Gasteiger partial charge in [-0.25, -0.2) is 0 Å². The van der Waals surface area contributed by atoms with E-state index in [2.05, 4.69) is 83.0 Å². The molecule has 0 unspecified atom stereocenters. The standard InChI is InChI=1S/C18H42N4S2Si2/c1-17(2,3)25(7,8)21-15-19-11-13-23-24-14-12-20-16-22-26(9,10)18(4,5)6/h15-16H,11-14H2,1-10H3,(H,19,21)(H,20,22). The number of nitrogens with zero attached hydrogens (tertiary/aromatic N) is 2. The largest absolute Gasteiger partial charge is 0.402 e. The Kier molecular flexibility index (Phi) is 11.2. The molecule has 0 aliphatic rings. The lowest BCUT2D eigenvalue weighted by Gasteiger charge is -2.36. The molecule has 4 nitrogen and oxygen atoms in total. The van der Waals surface area contributed by atoms with Crippen molar-refractivity contribution in [2.24, 2.45) is 9.65 Å². The molecule has 0 bridgehead atoms. The zero-order chi connectivity index (χ0) is 20.5. The van der Waals surface area contributed by atoms with Crippen LogP contribution in [0, 0.1) is 0 Å². The van der Waals surface area contributed by atoms with Crippen molar-refractivity contribution in [2.45, 2.75) is 77.8 Å². The fourth-order valence-corrected chi connectivity index (χ4v) is 4.71. The summed E-state index contributed by atoms with van der Waals surface area (Å²) < 4.78 is 4.80. The van der Waals surface area contributed by atoms with Crippen LogP contribution in [0.4, 0.5) is 0 Å². The van der Waals surface area contributed by atoms with Gasteiger partial charge in [-0.15, -0.1) is 0 Å². The Hall–Kier alpha value is 0.0738. The molecule has 0 heterocycles. The summed E-state index contributed by atoms with van der Waals surface area (Å²) in [7, 11) is 0.796. The number of hydrogen-bond donors (Lipinski definition) is 2. The minimum absolute atomic E-state index is 0.301. The summed E-state index contributed by atoms with van der Waals surface area (Å²) in [5, 5.41) is 3.97. The molecule has 0 amide bonds. The number of aliphatic imine (C=N–C) groups is 1. The van der Waals surface area contributed by atoms with Crippen molar-refractivity contribution in [1.29, 1.82) is 0 Å². The van der Waals surface area contributed by atoms with Gasteiger partial charge in [-0.05, 0) is 23.2 Å². The van der Waals surface area contributed by atoms with Gasteiger partial charge < -0.3 is 15.0 Å². The van der Waals surface area contributed by atoms with E-state index < -0.39 is 16.5 Å². The van der Waals surface area contributed by atoms with Gasteiger partial charge in [-0.1, -0.05) is 76.2 Å². The Morgan fingerprint density at radius 2 is 1.42 bits per heavy atom. The Morgan fingerprint density at radius 3 is 1.96 bits per heavy atom. The molecule has 0 aliphatic carbocycles. The molecule has 2 N–H and O–H groups in total. The van der Waals surface area contributed by atoms with Crippen LogP contribution in [0.25, 0.3) is 0 Å². The van der Waals surface area contributed by atoms with Gasteiger partial charge in [0.05, 0.1) is 19.2 Å². The van der Waals surface area contributed by atoms with Gasteiger partial charge in [-0.3, -0.25) is 4.99 Å². The van der Waals surface area contributed by atoms with E-state index in [4.69, 9.17) is 4.66 Å². The normalized spacial score (nSPS) is 14.4. The highest BCUT2D eigenvalue weighted by Crippen LogP contribution is 2.36. The minimum atomic E-state index is -1.55. The quantitative estimate of drug-likeness (QED) is 0.146. The lowest BCUT2D eigenvalue weighted by molar-refractivity contribution is 0.710. The van der Waals surface area contributed by atoms with Crippen LogP contribution < -0.4 is 10.3 Å². The van der Waals surface area contributed by atoms with Crippen molar-refractivity contribution in [3.05, 3.63) is 0 Å². The first-order valence-electron chi connectivity index (χ1n) is 9.48. The van der Waals surface area contributed by atoms with Crippen LogP contribution in [0.15, 0.2) is 9.65 Å². The maximum Gasteiger partial charge on any atom is 0.182 e. The molecule has 0 fully saturated rings. The zero-order valence-corrected chi connectivity index (χ0v) is 22.3. The third-order valence-electron chi connectivity index (χ3n) is 5.42. The zero-order valence-electron chi connectivity index (χ0n) is 18.7. The van der Waals surface area contributed by atoms with Crippen molar-refractivity contribution >= 4 is 50.7 Å². The van der Waals surface area contributed by atoms with E-state index in [0.717, 1.165) is 24.6 Å². The first kappa shape index (κ1) is 26.1. The Labute approximate surface area is 172 Å². The van der Waals surface area contributed by atoms with Crippen molar-refractivity contribution in [3.8, 4) is 0 Å². The second kappa shape index (κ2) is 11.2. The summed E-state index contributed by atoms with van der Waals surface area (Å²) >= 11 is 0. The Balaban J connectivity index is 3.74. The van der Waals surface area contributed by atoms with E-state index in [9.17, 15) is 0 Å². The van der Waals surface area contributed by atoms with Gasteiger partial charge >= 0.3 is 0 Å². The fraction of sp³-hybridized carbons (Fsp3) is 0.889. The van der Waals surface area contributed by atoms with Crippen LogP contribution in [-0.2, 0) is 0 Å². The molecule has 0 aromatic rings. The van der Waals surface area contributed by atoms with E-state index in [1.54, 1.807) is 0 Å². The fourth-order valence-electron chi connectivity index (χ4n) is 1.26. The summed E-state index contributed by atoms with van der Waals surface area (Å²) in [6, 6.07) is 0. The van der Waals surface area contributed by atoms with Crippen LogP contribution >= 0.6 is 21.6 Å². The smallest absolute Gasteiger partial charge is 0.182 e. The summed E-state index contributed by atoms with van der Waals surface area (Å²) in [6.45, 7) is 24.9. The average molecular weight is 435 g/mol. The third kappa shape index (κ3) is 10.4. The van der Waals surface area contributed by atoms with Gasteiger partial charge in [0.15, 0.2) is 16.5 Å². The molecule has 0 spiro atoms. The highest BCUT2D eigenvalue weighted by Gasteiger charge is 2.35. The molecule has 0 saturated heterocycles. The van der Waals surface area contributed by atoms with Crippen LogP contribution in [-0.4, -0.2) is 53.7 Å². The highest BCUT2D eigenvalue weighted by molar-refractivity contribution is 8.76. The van der Waals surface area contributed by atoms with E-state index >= 15 is 0 Å². The van der Waals surface area contributed by atoms with Crippen molar-refractivity contribution in [3.63, 3.8) is 0 Å². The van der Waals surface area contributed by atoms with Gasteiger partial charge in [0.1, 0.15) is 0 Å². The summed E-state index contributed by atoms with van der Waals surface area (Å²) in [4.78, 5) is 8.06. The summed E-state index contributed by atoms with van der Waals surface area (Å²) in [6.07, 6.45) is 3.86. The van der Waals surface area contributed by atoms with Gasteiger partial charge in [0.25, 0.3) is 0 Å². The number of hydrogen-bond acceptors (Lipinski definition) is 4. The van der Waals surface area contributed by atoms with Crippen LogP contribution in [0.5, 0.6) is 0 Å². The van der Waals surface area contributed by atoms with Crippen LogP contribution in [0.1, 0.15) is 41.5 Å². The predicted octanol–water partition coefficient (Wildman–Crippen LogP) is 5.61. The van der Waals surface area contributed by atoms with E-state index in [1.807, 2.05) is 34.3 Å². The molecule has 154 valence electrons. The van der Waals surface area contributed by atoms with Crippen molar-refractivity contribution in [2.75, 3.05) is 24.6 Å². The SMILES string of the molecule is CC(C)(C)[Si](C)(C)N=CNCCSSCCN=CN[Si](C)(C)C(C)(C)C. The lowest BCUT2D eigenvalue weighted by atomic mass is 10.2. The summed E-state index contributed by atoms with van der Waals surface area (Å²) in [5.74, 6) is 2.14. The maximum atomic E-state index is 4.80. The minimum Gasteiger partial charge on any atom is -0.402 e. The van der Waals surface area contributed by atoms with Crippen molar-refractivity contribution in [1.82, 2.24) is 10.3 Å². The van der Waals surface area contributed by atoms with Crippen molar-refractivity contribution < 1.29 is 0 Å². The van der Waals surface area contributed by atoms with Gasteiger partial charge in [0.2, 0.25) is 0 Å². The first-order chi connectivity index (χ1) is 11.7. The second-order valence-electron chi connectivity index (χ2n) is 9.72. The highest BCUT2D eigenvalue weighted by atomic mass is 33.1. The molecule has 0 aliphatic heterocycles. The lowest BCUT2D eigenvalue weighted by Crippen LogP contribution is -2.51. The predicted molar refractivity (Wildman–Crippen MR) is 132 cm³/mol. The van der Waals surface area contributed by atoms with Crippen LogP contribution in [0.3, 0.4) is 0 Å². The summed E-state index contributed by atoms with van der Waals surface area (Å²) in [5.41, 5.74) is 0. The molecule has 0 rings (SSSR count). The molecule has 0 aromatic carbocycles. The number of rotatable bonds is 11. The molecule has 26 heavy (non-hydrogen) atoms. The monoisotopic (exact) mass is 434 g/mol. The third-order valence-corrected chi connectivity index (χ3v) is 16.9. The van der Waals surface area contributed by atoms with E-state index in [-0.39, 0.29) is 0 Å².